The number of sulfonamides is 1. The van der Waals surface area contributed by atoms with E-state index < -0.39 is 21.7 Å². The first-order chi connectivity index (χ1) is 13.8. The summed E-state index contributed by atoms with van der Waals surface area (Å²) < 4.78 is 46.6. The highest BCUT2D eigenvalue weighted by molar-refractivity contribution is 7.89. The van der Waals surface area contributed by atoms with E-state index in [1.165, 1.54) is 10.4 Å². The van der Waals surface area contributed by atoms with Gasteiger partial charge < -0.3 is 10.1 Å². The number of rotatable bonds is 6. The first kappa shape index (κ1) is 21.3. The zero-order valence-electron chi connectivity index (χ0n) is 16.5. The SMILES string of the molecule is COc1ccc(CNC(=O)c2cc(S(=O)(=O)N3CCCC(C)C3)ccc2F)cc1. The fraction of sp³-hybridized carbons (Fsp3) is 0.381. The van der Waals surface area contributed by atoms with Crippen molar-refractivity contribution >= 4 is 15.9 Å². The first-order valence-corrected chi connectivity index (χ1v) is 11.0. The minimum Gasteiger partial charge on any atom is -0.497 e. The van der Waals surface area contributed by atoms with Crippen molar-refractivity contribution < 1.29 is 22.3 Å². The van der Waals surface area contributed by atoms with Crippen molar-refractivity contribution in [2.24, 2.45) is 5.92 Å². The highest BCUT2D eigenvalue weighted by atomic mass is 32.2. The van der Waals surface area contributed by atoms with Crippen LogP contribution < -0.4 is 10.1 Å². The van der Waals surface area contributed by atoms with Crippen LogP contribution in [0.3, 0.4) is 0 Å². The van der Waals surface area contributed by atoms with Gasteiger partial charge in [0.05, 0.1) is 17.6 Å². The molecule has 0 spiro atoms. The number of carbonyl (C=O) groups excluding carboxylic acids is 1. The Bertz CT molecular complexity index is 977. The van der Waals surface area contributed by atoms with Gasteiger partial charge in [-0.05, 0) is 54.7 Å². The number of hydrogen-bond acceptors (Lipinski definition) is 4. The maximum Gasteiger partial charge on any atom is 0.254 e. The molecule has 0 aliphatic carbocycles. The zero-order chi connectivity index (χ0) is 21.0. The molecule has 1 atom stereocenters. The molecule has 3 rings (SSSR count). The second-order valence-electron chi connectivity index (χ2n) is 7.28. The van der Waals surface area contributed by atoms with Crippen molar-refractivity contribution in [2.45, 2.75) is 31.2 Å². The molecule has 2 aromatic carbocycles. The van der Waals surface area contributed by atoms with Crippen LogP contribution in [0.15, 0.2) is 47.4 Å². The summed E-state index contributed by atoms with van der Waals surface area (Å²) >= 11 is 0. The summed E-state index contributed by atoms with van der Waals surface area (Å²) in [5, 5.41) is 2.63. The Morgan fingerprint density at radius 3 is 2.62 bits per heavy atom. The van der Waals surface area contributed by atoms with Gasteiger partial charge in [-0.1, -0.05) is 19.1 Å². The average molecular weight is 421 g/mol. The number of methoxy groups -OCH3 is 1. The van der Waals surface area contributed by atoms with E-state index in [9.17, 15) is 17.6 Å². The number of hydrogen-bond donors (Lipinski definition) is 1. The Labute approximate surface area is 170 Å². The summed E-state index contributed by atoms with van der Waals surface area (Å²) in [7, 11) is -2.21. The molecule has 1 unspecified atom stereocenters. The van der Waals surface area contributed by atoms with E-state index in [1.54, 1.807) is 31.4 Å². The first-order valence-electron chi connectivity index (χ1n) is 9.52. The van der Waals surface area contributed by atoms with Crippen LogP contribution in [0, 0.1) is 11.7 Å². The number of carbonyl (C=O) groups is 1. The van der Waals surface area contributed by atoms with E-state index in [0.717, 1.165) is 30.5 Å². The molecule has 1 heterocycles. The van der Waals surface area contributed by atoms with Gasteiger partial charge in [0.25, 0.3) is 5.91 Å². The van der Waals surface area contributed by atoms with Crippen LogP contribution in [0.5, 0.6) is 5.75 Å². The summed E-state index contributed by atoms with van der Waals surface area (Å²) in [6.07, 6.45) is 1.77. The van der Waals surface area contributed by atoms with Crippen molar-refractivity contribution in [3.05, 3.63) is 59.4 Å². The normalized spacial score (nSPS) is 17.7. The van der Waals surface area contributed by atoms with Crippen molar-refractivity contribution in [3.8, 4) is 5.75 Å². The van der Waals surface area contributed by atoms with E-state index in [-0.39, 0.29) is 22.9 Å². The lowest BCUT2D eigenvalue weighted by atomic mass is 10.0. The molecule has 1 aliphatic rings. The van der Waals surface area contributed by atoms with E-state index in [1.807, 2.05) is 6.92 Å². The third-order valence-corrected chi connectivity index (χ3v) is 6.91. The number of benzene rings is 2. The molecule has 0 radical (unpaired) electrons. The zero-order valence-corrected chi connectivity index (χ0v) is 17.3. The third-order valence-electron chi connectivity index (χ3n) is 5.05. The fourth-order valence-electron chi connectivity index (χ4n) is 3.37. The van der Waals surface area contributed by atoms with Gasteiger partial charge in [-0.15, -0.1) is 0 Å². The number of halogens is 1. The molecule has 1 N–H and O–H groups in total. The van der Waals surface area contributed by atoms with Crippen LogP contribution in [-0.4, -0.2) is 38.8 Å². The predicted octanol–water partition coefficient (Wildman–Crippen LogP) is 3.18. The number of nitrogens with one attached hydrogen (secondary N) is 1. The Balaban J connectivity index is 1.76. The van der Waals surface area contributed by atoms with Crippen molar-refractivity contribution in [3.63, 3.8) is 0 Å². The summed E-state index contributed by atoms with van der Waals surface area (Å²) in [6.45, 7) is 3.05. The van der Waals surface area contributed by atoms with E-state index >= 15 is 0 Å². The van der Waals surface area contributed by atoms with Crippen LogP contribution in [-0.2, 0) is 16.6 Å². The number of nitrogens with zero attached hydrogens (tertiary/aromatic N) is 1. The van der Waals surface area contributed by atoms with Gasteiger partial charge in [-0.2, -0.15) is 4.31 Å². The summed E-state index contributed by atoms with van der Waals surface area (Å²) in [5.74, 6) is -0.465. The van der Waals surface area contributed by atoms with Crippen molar-refractivity contribution in [2.75, 3.05) is 20.2 Å². The Hall–Kier alpha value is -2.45. The fourth-order valence-corrected chi connectivity index (χ4v) is 5.00. The molecule has 8 heteroatoms. The Morgan fingerprint density at radius 2 is 1.97 bits per heavy atom. The molecule has 156 valence electrons. The topological polar surface area (TPSA) is 75.7 Å². The second-order valence-corrected chi connectivity index (χ2v) is 9.22. The highest BCUT2D eigenvalue weighted by Gasteiger charge is 2.29. The summed E-state index contributed by atoms with van der Waals surface area (Å²) in [6, 6.07) is 10.4. The van der Waals surface area contributed by atoms with E-state index in [2.05, 4.69) is 5.32 Å². The average Bonchev–Trinajstić information content (AvgIpc) is 2.72. The van der Waals surface area contributed by atoms with Gasteiger partial charge >= 0.3 is 0 Å². The van der Waals surface area contributed by atoms with Crippen LogP contribution >= 0.6 is 0 Å². The lowest BCUT2D eigenvalue weighted by molar-refractivity contribution is 0.0946. The van der Waals surface area contributed by atoms with E-state index in [4.69, 9.17) is 4.74 Å². The lowest BCUT2D eigenvalue weighted by Crippen LogP contribution is -2.39. The summed E-state index contributed by atoms with van der Waals surface area (Å²) in [4.78, 5) is 12.4. The molecule has 29 heavy (non-hydrogen) atoms. The smallest absolute Gasteiger partial charge is 0.254 e. The maximum absolute atomic E-state index is 14.3. The van der Waals surface area contributed by atoms with Crippen molar-refractivity contribution in [1.29, 1.82) is 0 Å². The van der Waals surface area contributed by atoms with Gasteiger partial charge in [-0.3, -0.25) is 4.79 Å². The van der Waals surface area contributed by atoms with Gasteiger partial charge in [-0.25, -0.2) is 12.8 Å². The molecular formula is C21H25FN2O4S. The number of ether oxygens (including phenoxy) is 1. The van der Waals surface area contributed by atoms with Crippen molar-refractivity contribution in [1.82, 2.24) is 9.62 Å². The number of amides is 1. The van der Waals surface area contributed by atoms with Gasteiger partial charge in [0, 0.05) is 19.6 Å². The van der Waals surface area contributed by atoms with Crippen LogP contribution in [0.4, 0.5) is 4.39 Å². The van der Waals surface area contributed by atoms with E-state index in [0.29, 0.717) is 18.8 Å². The Morgan fingerprint density at radius 1 is 1.24 bits per heavy atom. The quantitative estimate of drug-likeness (QED) is 0.779. The second kappa shape index (κ2) is 8.92. The minimum atomic E-state index is -3.77. The summed E-state index contributed by atoms with van der Waals surface area (Å²) in [5.41, 5.74) is 0.523. The maximum atomic E-state index is 14.3. The van der Waals surface area contributed by atoms with Crippen LogP contribution in [0.1, 0.15) is 35.7 Å². The molecule has 1 fully saturated rings. The highest BCUT2D eigenvalue weighted by Crippen LogP contribution is 2.25. The molecular weight excluding hydrogens is 395 g/mol. The third kappa shape index (κ3) is 4.94. The van der Waals surface area contributed by atoms with Crippen LogP contribution in [0.25, 0.3) is 0 Å². The van der Waals surface area contributed by atoms with Gasteiger partial charge in [0.15, 0.2) is 0 Å². The number of piperidine rings is 1. The minimum absolute atomic E-state index is 0.0670. The monoisotopic (exact) mass is 420 g/mol. The molecule has 1 amide bonds. The van der Waals surface area contributed by atoms with Gasteiger partial charge in [0.2, 0.25) is 10.0 Å². The molecule has 0 aromatic heterocycles. The largest absolute Gasteiger partial charge is 0.497 e. The molecule has 2 aromatic rings. The van der Waals surface area contributed by atoms with Gasteiger partial charge in [0.1, 0.15) is 11.6 Å². The molecule has 1 saturated heterocycles. The molecule has 0 saturated carbocycles. The molecule has 0 bridgehead atoms. The molecule has 1 aliphatic heterocycles. The lowest BCUT2D eigenvalue weighted by Gasteiger charge is -2.30. The molecule has 6 nitrogen and oxygen atoms in total. The standard InChI is InChI=1S/C21H25FN2O4S/c1-15-4-3-11-24(14-15)29(26,27)18-9-10-20(22)19(12-18)21(25)23-13-16-5-7-17(28-2)8-6-16/h5-10,12,15H,3-4,11,13-14H2,1-2H3,(H,23,25). The predicted molar refractivity (Wildman–Crippen MR) is 108 cm³/mol. The Kier molecular flexibility index (Phi) is 6.54. The van der Waals surface area contributed by atoms with Crippen LogP contribution in [0.2, 0.25) is 0 Å².